The highest BCUT2D eigenvalue weighted by Gasteiger charge is 2.06. The predicted octanol–water partition coefficient (Wildman–Crippen LogP) is 2.15. The lowest BCUT2D eigenvalue weighted by Crippen LogP contribution is -2.24. The van der Waals surface area contributed by atoms with E-state index in [0.717, 1.165) is 13.0 Å². The molecule has 1 rings (SSSR count). The summed E-state index contributed by atoms with van der Waals surface area (Å²) < 4.78 is 0. The number of carbonyl (C=O) groups excluding carboxylic acids is 1. The van der Waals surface area contributed by atoms with Crippen molar-refractivity contribution in [3.63, 3.8) is 0 Å². The summed E-state index contributed by atoms with van der Waals surface area (Å²) in [5, 5.41) is 23.7. The first kappa shape index (κ1) is 15.7. The molecule has 1 aromatic carbocycles. The second kappa shape index (κ2) is 7.93. The summed E-state index contributed by atoms with van der Waals surface area (Å²) in [5.41, 5.74) is 1.13. The third-order valence-electron chi connectivity index (χ3n) is 2.68. The Balaban J connectivity index is 2.51. The fourth-order valence-corrected chi connectivity index (χ4v) is 1.68. The van der Waals surface area contributed by atoms with Crippen LogP contribution in [0.4, 0.5) is 5.69 Å². The molecular weight excluding hydrogens is 252 g/mol. The van der Waals surface area contributed by atoms with Crippen molar-refractivity contribution in [2.45, 2.75) is 32.7 Å². The van der Waals surface area contributed by atoms with E-state index in [4.69, 9.17) is 10.5 Å². The minimum absolute atomic E-state index is 0.0934. The number of amides is 1. The van der Waals surface area contributed by atoms with Crippen LogP contribution in [0.1, 0.15) is 37.8 Å². The molecule has 0 fully saturated rings. The molecule has 0 saturated heterocycles. The second-order valence-corrected chi connectivity index (χ2v) is 4.74. The molecular formula is C15H18N4O. The summed E-state index contributed by atoms with van der Waals surface area (Å²) in [6.45, 7) is 4.91. The van der Waals surface area contributed by atoms with Crippen LogP contribution in [0.3, 0.4) is 0 Å². The van der Waals surface area contributed by atoms with E-state index in [0.29, 0.717) is 23.7 Å². The van der Waals surface area contributed by atoms with E-state index in [9.17, 15) is 4.79 Å². The monoisotopic (exact) mass is 270 g/mol. The van der Waals surface area contributed by atoms with Gasteiger partial charge in [-0.3, -0.25) is 4.79 Å². The van der Waals surface area contributed by atoms with Crippen molar-refractivity contribution in [1.82, 2.24) is 5.32 Å². The molecule has 20 heavy (non-hydrogen) atoms. The van der Waals surface area contributed by atoms with Gasteiger partial charge in [0.15, 0.2) is 0 Å². The third kappa shape index (κ3) is 5.09. The van der Waals surface area contributed by atoms with Crippen molar-refractivity contribution < 1.29 is 4.79 Å². The largest absolute Gasteiger partial charge is 0.326 e. The van der Waals surface area contributed by atoms with Crippen LogP contribution in [-0.2, 0) is 4.79 Å². The average Bonchev–Trinajstić information content (AvgIpc) is 2.43. The van der Waals surface area contributed by atoms with Gasteiger partial charge in [0.05, 0.1) is 11.1 Å². The van der Waals surface area contributed by atoms with Crippen LogP contribution in [0.25, 0.3) is 0 Å². The maximum absolute atomic E-state index is 11.7. The highest BCUT2D eigenvalue weighted by molar-refractivity contribution is 5.91. The Morgan fingerprint density at radius 1 is 1.25 bits per heavy atom. The molecule has 0 atom stereocenters. The fourth-order valence-electron chi connectivity index (χ4n) is 1.68. The number of nitriles is 2. The maximum atomic E-state index is 11.7. The van der Waals surface area contributed by atoms with Gasteiger partial charge in [-0.05, 0) is 31.2 Å². The Labute approximate surface area is 119 Å². The van der Waals surface area contributed by atoms with Crippen molar-refractivity contribution in [1.29, 1.82) is 10.5 Å². The molecule has 0 aliphatic rings. The third-order valence-corrected chi connectivity index (χ3v) is 2.68. The molecule has 2 N–H and O–H groups in total. The first-order chi connectivity index (χ1) is 9.56. The Bertz CT molecular complexity index is 552. The highest BCUT2D eigenvalue weighted by Crippen LogP contribution is 2.14. The van der Waals surface area contributed by atoms with Crippen LogP contribution in [0.2, 0.25) is 0 Å². The van der Waals surface area contributed by atoms with Crippen LogP contribution in [0.5, 0.6) is 0 Å². The zero-order valence-corrected chi connectivity index (χ0v) is 11.7. The molecule has 0 aliphatic heterocycles. The van der Waals surface area contributed by atoms with Gasteiger partial charge in [0.2, 0.25) is 5.91 Å². The van der Waals surface area contributed by atoms with E-state index in [1.165, 1.54) is 12.1 Å². The summed E-state index contributed by atoms with van der Waals surface area (Å²) >= 11 is 0. The Hall–Kier alpha value is -2.37. The highest BCUT2D eigenvalue weighted by atomic mass is 16.1. The van der Waals surface area contributed by atoms with E-state index in [1.807, 2.05) is 12.1 Å². The molecule has 0 radical (unpaired) electrons. The molecule has 0 spiro atoms. The van der Waals surface area contributed by atoms with Crippen molar-refractivity contribution in [2.75, 3.05) is 11.9 Å². The molecule has 104 valence electrons. The van der Waals surface area contributed by atoms with Crippen LogP contribution < -0.4 is 10.6 Å². The molecule has 0 saturated carbocycles. The Morgan fingerprint density at radius 2 is 1.95 bits per heavy atom. The number of carbonyl (C=O) groups is 1. The minimum Gasteiger partial charge on any atom is -0.326 e. The van der Waals surface area contributed by atoms with Crippen LogP contribution in [0.15, 0.2) is 18.2 Å². The van der Waals surface area contributed by atoms with Crippen molar-refractivity contribution in [3.8, 4) is 12.1 Å². The van der Waals surface area contributed by atoms with Crippen LogP contribution in [0, 0.1) is 22.7 Å². The topological polar surface area (TPSA) is 88.7 Å². The van der Waals surface area contributed by atoms with Crippen molar-refractivity contribution in [3.05, 3.63) is 29.3 Å². The van der Waals surface area contributed by atoms with E-state index < -0.39 is 0 Å². The molecule has 5 nitrogen and oxygen atoms in total. The standard InChI is InChI=1S/C15H18N4O/c1-11(2)18-7-3-4-15(20)19-14-6-5-12(9-16)13(8-14)10-17/h5-6,8,11,18H,3-4,7H2,1-2H3,(H,19,20). The second-order valence-electron chi connectivity index (χ2n) is 4.74. The quantitative estimate of drug-likeness (QED) is 0.775. The summed E-state index contributed by atoms with van der Waals surface area (Å²) in [6.07, 6.45) is 1.17. The number of nitrogens with zero attached hydrogens (tertiary/aromatic N) is 2. The first-order valence-electron chi connectivity index (χ1n) is 6.54. The van der Waals surface area contributed by atoms with Crippen molar-refractivity contribution >= 4 is 11.6 Å². The van der Waals surface area contributed by atoms with Crippen LogP contribution in [-0.4, -0.2) is 18.5 Å². The molecule has 0 bridgehead atoms. The Kier molecular flexibility index (Phi) is 6.22. The van der Waals surface area contributed by atoms with E-state index >= 15 is 0 Å². The van der Waals surface area contributed by atoms with Gasteiger partial charge in [-0.15, -0.1) is 0 Å². The molecule has 5 heteroatoms. The van der Waals surface area contributed by atoms with Crippen molar-refractivity contribution in [2.24, 2.45) is 0 Å². The SMILES string of the molecule is CC(C)NCCCC(=O)Nc1ccc(C#N)c(C#N)c1. The van der Waals surface area contributed by atoms with E-state index in [1.54, 1.807) is 6.07 Å². The van der Waals surface area contributed by atoms with Gasteiger partial charge in [-0.25, -0.2) is 0 Å². The molecule has 0 aromatic heterocycles. The number of benzene rings is 1. The molecule has 0 aliphatic carbocycles. The predicted molar refractivity (Wildman–Crippen MR) is 76.9 cm³/mol. The zero-order chi connectivity index (χ0) is 15.0. The Morgan fingerprint density at radius 3 is 2.55 bits per heavy atom. The summed E-state index contributed by atoms with van der Waals surface area (Å²) in [5.74, 6) is -0.0934. The molecule has 0 heterocycles. The summed E-state index contributed by atoms with van der Waals surface area (Å²) in [7, 11) is 0. The molecule has 1 amide bonds. The smallest absolute Gasteiger partial charge is 0.224 e. The normalized spacial score (nSPS) is 9.85. The van der Waals surface area contributed by atoms with Gasteiger partial charge in [0, 0.05) is 18.2 Å². The minimum atomic E-state index is -0.0934. The van der Waals surface area contributed by atoms with Crippen LogP contribution >= 0.6 is 0 Å². The fraction of sp³-hybridized carbons (Fsp3) is 0.400. The average molecular weight is 270 g/mol. The van der Waals surface area contributed by atoms with Gasteiger partial charge >= 0.3 is 0 Å². The van der Waals surface area contributed by atoms with Gasteiger partial charge in [0.25, 0.3) is 0 Å². The summed E-state index contributed by atoms with van der Waals surface area (Å²) in [6, 6.07) is 8.97. The van der Waals surface area contributed by atoms with E-state index in [2.05, 4.69) is 24.5 Å². The van der Waals surface area contributed by atoms with E-state index in [-0.39, 0.29) is 11.5 Å². The number of nitrogens with one attached hydrogen (secondary N) is 2. The number of hydrogen-bond acceptors (Lipinski definition) is 4. The van der Waals surface area contributed by atoms with Gasteiger partial charge < -0.3 is 10.6 Å². The lowest BCUT2D eigenvalue weighted by atomic mass is 10.1. The molecule has 0 unspecified atom stereocenters. The maximum Gasteiger partial charge on any atom is 0.224 e. The number of hydrogen-bond donors (Lipinski definition) is 2. The lowest BCUT2D eigenvalue weighted by Gasteiger charge is -2.08. The lowest BCUT2D eigenvalue weighted by molar-refractivity contribution is -0.116. The van der Waals surface area contributed by atoms with Gasteiger partial charge in [-0.1, -0.05) is 13.8 Å². The summed E-state index contributed by atoms with van der Waals surface area (Å²) in [4.78, 5) is 11.7. The zero-order valence-electron chi connectivity index (χ0n) is 11.7. The first-order valence-corrected chi connectivity index (χ1v) is 6.54. The van der Waals surface area contributed by atoms with Gasteiger partial charge in [-0.2, -0.15) is 10.5 Å². The number of rotatable bonds is 6. The molecule has 1 aromatic rings. The van der Waals surface area contributed by atoms with Gasteiger partial charge in [0.1, 0.15) is 12.1 Å². The number of anilines is 1.